The average Bonchev–Trinajstić information content (AvgIpc) is 2.62. The highest BCUT2D eigenvalue weighted by atomic mass is 19.1. The smallest absolute Gasteiger partial charge is 0.308 e. The first-order valence-corrected chi connectivity index (χ1v) is 7.85. The van der Waals surface area contributed by atoms with Gasteiger partial charge in [-0.3, -0.25) is 14.9 Å². The van der Waals surface area contributed by atoms with Gasteiger partial charge in [0.05, 0.1) is 10.8 Å². The second-order valence-electron chi connectivity index (χ2n) is 5.92. The molecule has 8 heteroatoms. The Morgan fingerprint density at radius 2 is 2.00 bits per heavy atom. The fourth-order valence-electron chi connectivity index (χ4n) is 2.97. The second kappa shape index (κ2) is 6.84. The third-order valence-corrected chi connectivity index (χ3v) is 4.27. The van der Waals surface area contributed by atoms with Crippen molar-refractivity contribution < 1.29 is 19.2 Å². The van der Waals surface area contributed by atoms with E-state index in [1.54, 1.807) is 0 Å². The molecular weight excluding hydrogens is 329 g/mol. The topological polar surface area (TPSA) is 96.6 Å². The Hall–Kier alpha value is -3.03. The first kappa shape index (κ1) is 16.8. The molecule has 0 saturated carbocycles. The molecule has 1 atom stereocenters. The van der Waals surface area contributed by atoms with E-state index in [1.807, 2.05) is 4.90 Å². The summed E-state index contributed by atoms with van der Waals surface area (Å²) in [5, 5.41) is 20.5. The molecule has 2 heterocycles. The third kappa shape index (κ3) is 3.57. The summed E-state index contributed by atoms with van der Waals surface area (Å²) < 4.78 is 13.1. The number of carbonyl (C=O) groups is 1. The zero-order valence-electron chi connectivity index (χ0n) is 13.3. The van der Waals surface area contributed by atoms with Crippen molar-refractivity contribution in [3.63, 3.8) is 0 Å². The van der Waals surface area contributed by atoms with Gasteiger partial charge in [-0.25, -0.2) is 9.37 Å². The molecule has 7 nitrogen and oxygen atoms in total. The van der Waals surface area contributed by atoms with E-state index >= 15 is 0 Å². The van der Waals surface area contributed by atoms with Crippen molar-refractivity contribution in [1.29, 1.82) is 0 Å². The van der Waals surface area contributed by atoms with E-state index in [2.05, 4.69) is 4.98 Å². The Balaban J connectivity index is 1.99. The standard InChI is InChI=1S/C17H16FN3O4/c18-13-5-3-11(4-6-13)16-14(21(24)25)7-8-15(19-16)20-9-1-2-12(10-20)17(22)23/h3-8,12H,1-2,9-10H2,(H,22,23). The first-order chi connectivity index (χ1) is 12.0. The molecule has 1 aromatic heterocycles. The van der Waals surface area contributed by atoms with Crippen LogP contribution in [0, 0.1) is 21.8 Å². The number of pyridine rings is 1. The summed E-state index contributed by atoms with van der Waals surface area (Å²) >= 11 is 0. The van der Waals surface area contributed by atoms with Gasteiger partial charge in [-0.1, -0.05) is 0 Å². The highest BCUT2D eigenvalue weighted by Crippen LogP contribution is 2.32. The van der Waals surface area contributed by atoms with Crippen LogP contribution < -0.4 is 4.90 Å². The average molecular weight is 345 g/mol. The van der Waals surface area contributed by atoms with E-state index in [-0.39, 0.29) is 11.4 Å². The molecule has 130 valence electrons. The normalized spacial score (nSPS) is 17.3. The molecule has 3 rings (SSSR count). The fraction of sp³-hybridized carbons (Fsp3) is 0.294. The molecule has 1 N–H and O–H groups in total. The Kier molecular flexibility index (Phi) is 4.60. The van der Waals surface area contributed by atoms with Gasteiger partial charge in [0, 0.05) is 24.7 Å². The van der Waals surface area contributed by atoms with Gasteiger partial charge in [0.25, 0.3) is 5.69 Å². The summed E-state index contributed by atoms with van der Waals surface area (Å²) in [7, 11) is 0. The molecule has 0 amide bonds. The highest BCUT2D eigenvalue weighted by Gasteiger charge is 2.27. The molecule has 1 saturated heterocycles. The fourth-order valence-corrected chi connectivity index (χ4v) is 2.97. The zero-order valence-corrected chi connectivity index (χ0v) is 13.3. The number of halogens is 1. The number of benzene rings is 1. The number of aromatic nitrogens is 1. The van der Waals surface area contributed by atoms with Crippen LogP contribution in [0.1, 0.15) is 12.8 Å². The molecular formula is C17H16FN3O4. The molecule has 1 aliphatic rings. The molecule has 0 bridgehead atoms. The predicted molar refractivity (Wildman–Crippen MR) is 88.9 cm³/mol. The van der Waals surface area contributed by atoms with Crippen molar-refractivity contribution in [3.8, 4) is 11.3 Å². The van der Waals surface area contributed by atoms with Gasteiger partial charge in [-0.2, -0.15) is 0 Å². The van der Waals surface area contributed by atoms with Crippen molar-refractivity contribution in [2.45, 2.75) is 12.8 Å². The van der Waals surface area contributed by atoms with Crippen LogP contribution in [0.2, 0.25) is 0 Å². The summed E-state index contributed by atoms with van der Waals surface area (Å²) in [6, 6.07) is 8.18. The third-order valence-electron chi connectivity index (χ3n) is 4.27. The lowest BCUT2D eigenvalue weighted by Crippen LogP contribution is -2.39. The van der Waals surface area contributed by atoms with Gasteiger partial charge in [0.1, 0.15) is 11.6 Å². The van der Waals surface area contributed by atoms with E-state index < -0.39 is 22.6 Å². The summed E-state index contributed by atoms with van der Waals surface area (Å²) in [6.07, 6.45) is 1.31. The number of carboxylic acid groups (broad SMARTS) is 1. The summed E-state index contributed by atoms with van der Waals surface area (Å²) in [5.74, 6) is -1.30. The SMILES string of the molecule is O=C(O)C1CCCN(c2ccc([N+](=O)[O-])c(-c3ccc(F)cc3)n2)C1. The van der Waals surface area contributed by atoms with E-state index in [4.69, 9.17) is 0 Å². The highest BCUT2D eigenvalue weighted by molar-refractivity contribution is 5.73. The van der Waals surface area contributed by atoms with Crippen LogP contribution in [0.5, 0.6) is 0 Å². The van der Waals surface area contributed by atoms with Crippen LogP contribution in [-0.2, 0) is 4.79 Å². The predicted octanol–water partition coefficient (Wildman–Crippen LogP) is 3.10. The Labute approximate surface area is 142 Å². The molecule has 1 fully saturated rings. The number of piperidine rings is 1. The molecule has 0 radical (unpaired) electrons. The van der Waals surface area contributed by atoms with Crippen molar-refractivity contribution in [1.82, 2.24) is 4.98 Å². The van der Waals surface area contributed by atoms with Gasteiger partial charge in [0.2, 0.25) is 0 Å². The van der Waals surface area contributed by atoms with E-state index in [0.717, 1.165) is 0 Å². The molecule has 0 aliphatic carbocycles. The van der Waals surface area contributed by atoms with Crippen LogP contribution in [0.4, 0.5) is 15.9 Å². The van der Waals surface area contributed by atoms with E-state index in [9.17, 15) is 24.4 Å². The zero-order chi connectivity index (χ0) is 18.0. The molecule has 0 spiro atoms. The molecule has 2 aromatic rings. The van der Waals surface area contributed by atoms with Crippen LogP contribution >= 0.6 is 0 Å². The number of anilines is 1. The molecule has 25 heavy (non-hydrogen) atoms. The number of nitro groups is 1. The number of hydrogen-bond acceptors (Lipinski definition) is 5. The lowest BCUT2D eigenvalue weighted by atomic mass is 9.98. The first-order valence-electron chi connectivity index (χ1n) is 7.85. The van der Waals surface area contributed by atoms with Crippen LogP contribution in [0.3, 0.4) is 0 Å². The lowest BCUT2D eigenvalue weighted by Gasteiger charge is -2.31. The summed E-state index contributed by atoms with van der Waals surface area (Å²) in [4.78, 5) is 28.2. The minimum absolute atomic E-state index is 0.139. The quantitative estimate of drug-likeness (QED) is 0.675. The van der Waals surface area contributed by atoms with Crippen LogP contribution in [0.15, 0.2) is 36.4 Å². The van der Waals surface area contributed by atoms with Gasteiger partial charge in [-0.05, 0) is 43.2 Å². The van der Waals surface area contributed by atoms with Gasteiger partial charge in [0.15, 0.2) is 5.69 Å². The number of rotatable bonds is 4. The maximum Gasteiger partial charge on any atom is 0.308 e. The minimum Gasteiger partial charge on any atom is -0.481 e. The Morgan fingerprint density at radius 1 is 1.28 bits per heavy atom. The monoisotopic (exact) mass is 345 g/mol. The van der Waals surface area contributed by atoms with Crippen LogP contribution in [0.25, 0.3) is 11.3 Å². The summed E-state index contributed by atoms with van der Waals surface area (Å²) in [5.41, 5.74) is 0.392. The lowest BCUT2D eigenvalue weighted by molar-refractivity contribution is -0.384. The van der Waals surface area contributed by atoms with Crippen LogP contribution in [-0.4, -0.2) is 34.1 Å². The molecule has 1 unspecified atom stereocenters. The van der Waals surface area contributed by atoms with Crippen molar-refractivity contribution in [2.75, 3.05) is 18.0 Å². The second-order valence-corrected chi connectivity index (χ2v) is 5.92. The van der Waals surface area contributed by atoms with Crippen molar-refractivity contribution >= 4 is 17.5 Å². The number of aliphatic carboxylic acids is 1. The Morgan fingerprint density at radius 3 is 2.64 bits per heavy atom. The van der Waals surface area contributed by atoms with Crippen molar-refractivity contribution in [2.24, 2.45) is 5.92 Å². The van der Waals surface area contributed by atoms with Gasteiger partial charge in [-0.15, -0.1) is 0 Å². The number of hydrogen-bond donors (Lipinski definition) is 1. The Bertz CT molecular complexity index is 810. The van der Waals surface area contributed by atoms with Gasteiger partial charge < -0.3 is 10.0 Å². The maximum atomic E-state index is 13.1. The largest absolute Gasteiger partial charge is 0.481 e. The van der Waals surface area contributed by atoms with Crippen molar-refractivity contribution in [3.05, 3.63) is 52.3 Å². The van der Waals surface area contributed by atoms with Gasteiger partial charge >= 0.3 is 5.97 Å². The number of carboxylic acids is 1. The number of nitrogens with zero attached hydrogens (tertiary/aromatic N) is 3. The molecule has 1 aliphatic heterocycles. The van der Waals surface area contributed by atoms with E-state index in [1.165, 1.54) is 36.4 Å². The maximum absolute atomic E-state index is 13.1. The minimum atomic E-state index is -0.856. The molecule has 1 aromatic carbocycles. The van der Waals surface area contributed by atoms with E-state index in [0.29, 0.717) is 37.3 Å². The summed E-state index contributed by atoms with van der Waals surface area (Å²) in [6.45, 7) is 0.945.